The van der Waals surface area contributed by atoms with Gasteiger partial charge >= 0.3 is 0 Å². The van der Waals surface area contributed by atoms with E-state index in [9.17, 15) is 14.7 Å². The number of halogens is 1. The third-order valence-corrected chi connectivity index (χ3v) is 3.63. The number of fused-ring (bicyclic) bond motifs is 1. The van der Waals surface area contributed by atoms with E-state index in [1.165, 1.54) is 7.05 Å². The lowest BCUT2D eigenvalue weighted by atomic mass is 9.71. The van der Waals surface area contributed by atoms with Crippen molar-refractivity contribution in [2.75, 3.05) is 7.05 Å². The molecule has 0 unspecified atom stereocenters. The molecule has 0 radical (unpaired) electrons. The Balaban J connectivity index is 2.80. The second kappa shape index (κ2) is 4.38. The van der Waals surface area contributed by atoms with Crippen LogP contribution in [-0.2, 0) is 15.0 Å². The third-order valence-electron chi connectivity index (χ3n) is 3.40. The number of Topliss-reactive ketones (excluding diaryl/α,β-unsaturated/α-hetero) is 1. The first-order chi connectivity index (χ1) is 8.80. The number of ketones is 1. The maximum atomic E-state index is 12.4. The highest BCUT2D eigenvalue weighted by Gasteiger charge is 2.42. The van der Waals surface area contributed by atoms with Gasteiger partial charge in [0.25, 0.3) is 5.91 Å². The number of carbonyl (C=O) groups excluding carboxylic acids is 2. The number of rotatable bonds is 1. The van der Waals surface area contributed by atoms with Crippen molar-refractivity contribution in [3.05, 3.63) is 39.9 Å². The zero-order valence-electron chi connectivity index (χ0n) is 10.9. The molecular weight excluding hydrogens is 266 g/mol. The van der Waals surface area contributed by atoms with Crippen LogP contribution in [0.5, 0.6) is 0 Å². The summed E-state index contributed by atoms with van der Waals surface area (Å²) in [6.07, 6.45) is 0. The summed E-state index contributed by atoms with van der Waals surface area (Å²) in [5, 5.41) is 13.0. The van der Waals surface area contributed by atoms with Crippen molar-refractivity contribution in [2.24, 2.45) is 0 Å². The first-order valence-electron chi connectivity index (χ1n) is 5.81. The van der Waals surface area contributed by atoms with Gasteiger partial charge in [0.05, 0.1) is 5.41 Å². The maximum absolute atomic E-state index is 12.4. The summed E-state index contributed by atoms with van der Waals surface area (Å²) >= 11 is 5.91. The molecule has 100 valence electrons. The van der Waals surface area contributed by atoms with E-state index in [0.717, 1.165) is 0 Å². The van der Waals surface area contributed by atoms with E-state index in [1.54, 1.807) is 32.0 Å². The van der Waals surface area contributed by atoms with Crippen LogP contribution in [-0.4, -0.2) is 23.8 Å². The minimum absolute atomic E-state index is 0.220. The van der Waals surface area contributed by atoms with Crippen LogP contribution < -0.4 is 5.32 Å². The van der Waals surface area contributed by atoms with E-state index in [2.05, 4.69) is 5.32 Å². The molecule has 19 heavy (non-hydrogen) atoms. The number of aliphatic hydroxyl groups excluding tert-OH is 1. The van der Waals surface area contributed by atoms with E-state index < -0.39 is 17.1 Å². The Labute approximate surface area is 116 Å². The van der Waals surface area contributed by atoms with Crippen LogP contribution in [0, 0.1) is 0 Å². The van der Waals surface area contributed by atoms with Crippen LogP contribution >= 0.6 is 11.6 Å². The predicted molar refractivity (Wildman–Crippen MR) is 73.1 cm³/mol. The van der Waals surface area contributed by atoms with E-state index in [1.807, 2.05) is 0 Å². The van der Waals surface area contributed by atoms with E-state index in [0.29, 0.717) is 16.1 Å². The van der Waals surface area contributed by atoms with Crippen molar-refractivity contribution in [1.29, 1.82) is 0 Å². The van der Waals surface area contributed by atoms with Gasteiger partial charge in [-0.2, -0.15) is 0 Å². The Kier molecular flexibility index (Phi) is 3.14. The van der Waals surface area contributed by atoms with Gasteiger partial charge in [-0.3, -0.25) is 9.59 Å². The molecule has 1 amide bonds. The lowest BCUT2D eigenvalue weighted by molar-refractivity contribution is -0.125. The molecule has 0 spiro atoms. The summed E-state index contributed by atoms with van der Waals surface area (Å²) in [4.78, 5) is 24.2. The number of amides is 1. The molecule has 0 aliphatic heterocycles. The fraction of sp³-hybridized carbons (Fsp3) is 0.286. The Morgan fingerprint density at radius 2 is 2.00 bits per heavy atom. The van der Waals surface area contributed by atoms with E-state index in [-0.39, 0.29) is 11.3 Å². The first kappa shape index (κ1) is 13.6. The van der Waals surface area contributed by atoms with Gasteiger partial charge in [-0.05, 0) is 31.5 Å². The normalized spacial score (nSPS) is 17.2. The topological polar surface area (TPSA) is 66.4 Å². The summed E-state index contributed by atoms with van der Waals surface area (Å²) in [5.74, 6) is -1.32. The standard InChI is InChI=1S/C14H14ClNO3/c1-14(2)9-5-4-7(15)6-8(9)11(17)10(12(14)18)13(19)16-3/h4-6,17H,1-3H3,(H,16,19). The molecule has 1 aliphatic rings. The fourth-order valence-corrected chi connectivity index (χ4v) is 2.44. The van der Waals surface area contributed by atoms with Crippen LogP contribution in [0.15, 0.2) is 23.8 Å². The van der Waals surface area contributed by atoms with Gasteiger partial charge < -0.3 is 10.4 Å². The number of hydrogen-bond donors (Lipinski definition) is 2. The van der Waals surface area contributed by atoms with Crippen LogP contribution in [0.1, 0.15) is 25.0 Å². The number of nitrogens with one attached hydrogen (secondary N) is 1. The highest BCUT2D eigenvalue weighted by Crippen LogP contribution is 2.40. The smallest absolute Gasteiger partial charge is 0.258 e. The van der Waals surface area contributed by atoms with Crippen LogP contribution in [0.2, 0.25) is 5.02 Å². The Morgan fingerprint density at radius 1 is 1.37 bits per heavy atom. The molecule has 0 atom stereocenters. The number of likely N-dealkylation sites (N-methyl/N-ethyl adjacent to an activating group) is 1. The SMILES string of the molecule is CNC(=O)C1=C(O)c2cc(Cl)ccc2C(C)(C)C1=O. The van der Waals surface area contributed by atoms with Gasteiger partial charge in [0.2, 0.25) is 0 Å². The number of aliphatic hydroxyl groups is 1. The zero-order chi connectivity index (χ0) is 14.4. The molecule has 4 nitrogen and oxygen atoms in total. The van der Waals surface area contributed by atoms with Crippen molar-refractivity contribution >= 4 is 29.1 Å². The van der Waals surface area contributed by atoms with Crippen LogP contribution in [0.25, 0.3) is 5.76 Å². The molecule has 0 fully saturated rings. The van der Waals surface area contributed by atoms with Gasteiger partial charge in [-0.15, -0.1) is 0 Å². The maximum Gasteiger partial charge on any atom is 0.258 e. The van der Waals surface area contributed by atoms with E-state index in [4.69, 9.17) is 11.6 Å². The first-order valence-corrected chi connectivity index (χ1v) is 6.19. The highest BCUT2D eigenvalue weighted by molar-refractivity contribution is 6.31. The molecule has 2 N–H and O–H groups in total. The molecule has 0 aromatic heterocycles. The Bertz CT molecular complexity index is 617. The van der Waals surface area contributed by atoms with Gasteiger partial charge in [0.1, 0.15) is 11.3 Å². The quantitative estimate of drug-likeness (QED) is 0.775. The molecular formula is C14H14ClNO3. The van der Waals surface area contributed by atoms with Gasteiger partial charge in [0, 0.05) is 17.6 Å². The molecule has 1 aliphatic carbocycles. The molecule has 0 heterocycles. The number of benzene rings is 1. The third kappa shape index (κ3) is 1.92. The van der Waals surface area contributed by atoms with Crippen molar-refractivity contribution in [2.45, 2.75) is 19.3 Å². The number of carbonyl (C=O) groups is 2. The molecule has 0 bridgehead atoms. The average molecular weight is 280 g/mol. The van der Waals surface area contributed by atoms with Gasteiger partial charge in [-0.25, -0.2) is 0 Å². The number of hydrogen-bond acceptors (Lipinski definition) is 3. The molecule has 1 aromatic carbocycles. The largest absolute Gasteiger partial charge is 0.506 e. The zero-order valence-corrected chi connectivity index (χ0v) is 11.6. The molecule has 0 saturated heterocycles. The van der Waals surface area contributed by atoms with Crippen LogP contribution in [0.3, 0.4) is 0 Å². The summed E-state index contributed by atoms with van der Waals surface area (Å²) in [6, 6.07) is 4.92. The van der Waals surface area contributed by atoms with Crippen molar-refractivity contribution < 1.29 is 14.7 Å². The fourth-order valence-electron chi connectivity index (χ4n) is 2.27. The lowest BCUT2D eigenvalue weighted by Crippen LogP contribution is -2.40. The minimum Gasteiger partial charge on any atom is -0.506 e. The Morgan fingerprint density at radius 3 is 2.58 bits per heavy atom. The molecule has 5 heteroatoms. The predicted octanol–water partition coefficient (Wildman–Crippen LogP) is 2.22. The second-order valence-corrected chi connectivity index (χ2v) is 5.38. The second-order valence-electron chi connectivity index (χ2n) is 4.95. The minimum atomic E-state index is -0.881. The van der Waals surface area contributed by atoms with Crippen molar-refractivity contribution in [3.8, 4) is 0 Å². The summed E-state index contributed by atoms with van der Waals surface area (Å²) in [6.45, 7) is 3.44. The van der Waals surface area contributed by atoms with Crippen molar-refractivity contribution in [1.82, 2.24) is 5.32 Å². The summed E-state index contributed by atoms with van der Waals surface area (Å²) < 4.78 is 0. The highest BCUT2D eigenvalue weighted by atomic mass is 35.5. The van der Waals surface area contributed by atoms with E-state index >= 15 is 0 Å². The molecule has 0 saturated carbocycles. The van der Waals surface area contributed by atoms with Crippen molar-refractivity contribution in [3.63, 3.8) is 0 Å². The van der Waals surface area contributed by atoms with Gasteiger partial charge in [0.15, 0.2) is 5.78 Å². The molecule has 2 rings (SSSR count). The average Bonchev–Trinajstić information content (AvgIpc) is 2.36. The molecule has 1 aromatic rings. The van der Waals surface area contributed by atoms with Gasteiger partial charge in [-0.1, -0.05) is 17.7 Å². The monoisotopic (exact) mass is 279 g/mol. The summed E-state index contributed by atoms with van der Waals surface area (Å²) in [5.41, 5.74) is -0.0152. The van der Waals surface area contributed by atoms with Crippen LogP contribution in [0.4, 0.5) is 0 Å². The Hall–Kier alpha value is -1.81. The summed E-state index contributed by atoms with van der Waals surface area (Å²) in [7, 11) is 1.41. The lowest BCUT2D eigenvalue weighted by Gasteiger charge is -2.31.